The molecule has 0 aromatic heterocycles. The fraction of sp³-hybridized carbons (Fsp3) is 0.667. The Hall–Kier alpha value is -1.18. The first-order valence-corrected chi connectivity index (χ1v) is 3.63. The summed E-state index contributed by atoms with van der Waals surface area (Å²) in [6.07, 6.45) is -1.52. The van der Waals surface area contributed by atoms with Crippen molar-refractivity contribution in [2.24, 2.45) is 11.7 Å². The monoisotopic (exact) mass is 190 g/mol. The molecule has 0 bridgehead atoms. The highest BCUT2D eigenvalue weighted by Gasteiger charge is 2.43. The number of aliphatic carboxylic acids is 1. The van der Waals surface area contributed by atoms with E-state index >= 15 is 0 Å². The van der Waals surface area contributed by atoms with Crippen molar-refractivity contribution in [3.8, 4) is 0 Å². The minimum Gasteiger partial charge on any atom is -0.480 e. The lowest BCUT2D eigenvalue weighted by molar-refractivity contribution is -0.191. The van der Waals surface area contributed by atoms with Gasteiger partial charge in [0.1, 0.15) is 6.04 Å². The Morgan fingerprint density at radius 3 is 2.54 bits per heavy atom. The first-order valence-electron chi connectivity index (χ1n) is 3.63. The minimum atomic E-state index is -1.39. The fourth-order valence-corrected chi connectivity index (χ4v) is 1.22. The quantitative estimate of drug-likeness (QED) is 0.372. The maximum atomic E-state index is 11.0. The maximum absolute atomic E-state index is 11.0. The molecule has 1 fully saturated rings. The molecule has 0 aliphatic carbocycles. The third-order valence-electron chi connectivity index (χ3n) is 2.01. The number of carbonyl (C=O) groups is 2. The molecule has 1 aliphatic heterocycles. The Labute approximate surface area is 73.3 Å². The van der Waals surface area contributed by atoms with Crippen LogP contribution in [0.15, 0.2) is 0 Å². The maximum Gasteiger partial charge on any atom is 0.321 e. The number of aliphatic hydroxyl groups excluding tert-OH is 1. The van der Waals surface area contributed by atoms with Gasteiger partial charge in [-0.2, -0.15) is 5.06 Å². The van der Waals surface area contributed by atoms with Crippen molar-refractivity contribution in [1.82, 2.24) is 5.06 Å². The van der Waals surface area contributed by atoms with Gasteiger partial charge in [0.05, 0.1) is 5.92 Å². The average Bonchev–Trinajstić information content (AvgIpc) is 2.31. The third kappa shape index (κ3) is 1.62. The highest BCUT2D eigenvalue weighted by atomic mass is 16.5. The Bertz CT molecular complexity index is 243. The van der Waals surface area contributed by atoms with Crippen LogP contribution in [0, 0.1) is 5.92 Å². The van der Waals surface area contributed by atoms with Crippen molar-refractivity contribution in [2.45, 2.75) is 18.7 Å². The van der Waals surface area contributed by atoms with E-state index < -0.39 is 30.1 Å². The largest absolute Gasteiger partial charge is 0.480 e. The smallest absolute Gasteiger partial charge is 0.321 e. The van der Waals surface area contributed by atoms with Gasteiger partial charge in [0, 0.05) is 6.42 Å². The van der Waals surface area contributed by atoms with Crippen LogP contribution in [0.4, 0.5) is 0 Å². The van der Waals surface area contributed by atoms with Gasteiger partial charge >= 0.3 is 5.97 Å². The number of hydroxylamine groups is 2. The molecule has 0 spiro atoms. The van der Waals surface area contributed by atoms with E-state index in [0.29, 0.717) is 0 Å². The molecule has 2 unspecified atom stereocenters. The molecular weight excluding hydrogens is 180 g/mol. The molecule has 0 aromatic carbocycles. The Balaban J connectivity index is 2.74. The zero-order valence-electron chi connectivity index (χ0n) is 6.62. The molecular formula is C6H10N2O5. The summed E-state index contributed by atoms with van der Waals surface area (Å²) in [6, 6.07) is -1.39. The van der Waals surface area contributed by atoms with Crippen LogP contribution >= 0.6 is 0 Å². The summed E-state index contributed by atoms with van der Waals surface area (Å²) in [5.74, 6) is -3.25. The number of hydrogen-bond acceptors (Lipinski definition) is 5. The van der Waals surface area contributed by atoms with Crippen molar-refractivity contribution in [1.29, 1.82) is 0 Å². The lowest BCUT2D eigenvalue weighted by atomic mass is 9.99. The van der Waals surface area contributed by atoms with Crippen LogP contribution in [0.25, 0.3) is 0 Å². The minimum absolute atomic E-state index is 0.105. The van der Waals surface area contributed by atoms with E-state index in [0.717, 1.165) is 0 Å². The Morgan fingerprint density at radius 1 is 1.69 bits per heavy atom. The molecule has 7 heteroatoms. The number of carboxylic acid groups (broad SMARTS) is 1. The molecule has 13 heavy (non-hydrogen) atoms. The van der Waals surface area contributed by atoms with E-state index in [1.807, 2.05) is 0 Å². The number of nitrogens with two attached hydrogens (primary N) is 1. The molecule has 1 aliphatic rings. The summed E-state index contributed by atoms with van der Waals surface area (Å²) < 4.78 is 0. The number of hydrogen-bond donors (Lipinski definition) is 4. The van der Waals surface area contributed by atoms with E-state index in [9.17, 15) is 9.59 Å². The molecule has 3 atom stereocenters. The normalized spacial score (nSPS) is 30.7. The van der Waals surface area contributed by atoms with Gasteiger partial charge in [0.25, 0.3) is 5.91 Å². The summed E-state index contributed by atoms with van der Waals surface area (Å²) in [6.45, 7) is 0. The standard InChI is InChI=1S/C6H10N2O5/c7-4(6(11)12)2-1-3(9)8(13)5(2)10/h2-4,9,13H,1,7H2,(H,11,12)/t2?,3?,4-/m0/s1. The SMILES string of the molecule is N[C@H](C(=O)O)C1CC(O)N(O)C1=O. The number of rotatable bonds is 2. The van der Waals surface area contributed by atoms with Gasteiger partial charge < -0.3 is 15.9 Å². The number of nitrogens with zero attached hydrogens (tertiary/aromatic N) is 1. The molecule has 1 rings (SSSR count). The number of aliphatic hydroxyl groups is 1. The summed E-state index contributed by atoms with van der Waals surface area (Å²) in [4.78, 5) is 21.4. The van der Waals surface area contributed by atoms with Crippen LogP contribution in [0.2, 0.25) is 0 Å². The van der Waals surface area contributed by atoms with Crippen molar-refractivity contribution in [2.75, 3.05) is 0 Å². The third-order valence-corrected chi connectivity index (χ3v) is 2.01. The van der Waals surface area contributed by atoms with Crippen molar-refractivity contribution >= 4 is 11.9 Å². The van der Waals surface area contributed by atoms with E-state index in [1.54, 1.807) is 0 Å². The van der Waals surface area contributed by atoms with Gasteiger partial charge in [0.15, 0.2) is 6.23 Å². The van der Waals surface area contributed by atoms with Gasteiger partial charge in [-0.1, -0.05) is 0 Å². The second-order valence-electron chi connectivity index (χ2n) is 2.87. The predicted molar refractivity (Wildman–Crippen MR) is 38.4 cm³/mol. The number of amides is 1. The topological polar surface area (TPSA) is 124 Å². The van der Waals surface area contributed by atoms with E-state index in [1.165, 1.54) is 0 Å². The summed E-state index contributed by atoms with van der Waals surface area (Å²) >= 11 is 0. The number of carboxylic acids is 1. The van der Waals surface area contributed by atoms with Gasteiger partial charge in [-0.05, 0) is 0 Å². The van der Waals surface area contributed by atoms with Crippen molar-refractivity contribution in [3.05, 3.63) is 0 Å². The predicted octanol–water partition coefficient (Wildman–Crippen LogP) is -2.05. The summed E-state index contributed by atoms with van der Waals surface area (Å²) in [5.41, 5.74) is 5.17. The highest BCUT2D eigenvalue weighted by molar-refractivity contribution is 5.87. The molecule has 1 saturated heterocycles. The average molecular weight is 190 g/mol. The van der Waals surface area contributed by atoms with Crippen LogP contribution in [0.5, 0.6) is 0 Å². The summed E-state index contributed by atoms with van der Waals surface area (Å²) in [5, 5.41) is 26.4. The van der Waals surface area contributed by atoms with Gasteiger partial charge in [0.2, 0.25) is 0 Å². The molecule has 1 heterocycles. The van der Waals surface area contributed by atoms with Gasteiger partial charge in [-0.15, -0.1) is 0 Å². The lowest BCUT2D eigenvalue weighted by Gasteiger charge is -2.12. The zero-order valence-corrected chi connectivity index (χ0v) is 6.62. The van der Waals surface area contributed by atoms with Crippen molar-refractivity contribution in [3.63, 3.8) is 0 Å². The van der Waals surface area contributed by atoms with Crippen LogP contribution in [0.3, 0.4) is 0 Å². The number of carbonyl (C=O) groups excluding carboxylic acids is 1. The molecule has 0 radical (unpaired) electrons. The Morgan fingerprint density at radius 2 is 2.23 bits per heavy atom. The van der Waals surface area contributed by atoms with Gasteiger partial charge in [-0.3, -0.25) is 14.8 Å². The molecule has 0 aromatic rings. The van der Waals surface area contributed by atoms with E-state index in [4.69, 9.17) is 21.2 Å². The molecule has 74 valence electrons. The zero-order chi connectivity index (χ0) is 10.2. The molecule has 1 amide bonds. The second kappa shape index (κ2) is 3.29. The Kier molecular flexibility index (Phi) is 2.50. The van der Waals surface area contributed by atoms with Crippen molar-refractivity contribution < 1.29 is 25.0 Å². The van der Waals surface area contributed by atoms with Crippen LogP contribution < -0.4 is 5.73 Å². The van der Waals surface area contributed by atoms with E-state index in [2.05, 4.69) is 0 Å². The summed E-state index contributed by atoms with van der Waals surface area (Å²) in [7, 11) is 0. The van der Waals surface area contributed by atoms with Crippen LogP contribution in [0.1, 0.15) is 6.42 Å². The molecule has 0 saturated carbocycles. The molecule has 5 N–H and O–H groups in total. The fourth-order valence-electron chi connectivity index (χ4n) is 1.22. The van der Waals surface area contributed by atoms with E-state index in [-0.39, 0.29) is 11.5 Å². The lowest BCUT2D eigenvalue weighted by Crippen LogP contribution is -2.42. The van der Waals surface area contributed by atoms with Gasteiger partial charge in [-0.25, -0.2) is 0 Å². The first-order chi connectivity index (χ1) is 5.95. The first kappa shape index (κ1) is 9.90. The highest BCUT2D eigenvalue weighted by Crippen LogP contribution is 2.23. The second-order valence-corrected chi connectivity index (χ2v) is 2.87. The van der Waals surface area contributed by atoms with Crippen LogP contribution in [-0.4, -0.2) is 44.6 Å². The molecule has 7 nitrogen and oxygen atoms in total. The van der Waals surface area contributed by atoms with Crippen LogP contribution in [-0.2, 0) is 9.59 Å².